The lowest BCUT2D eigenvalue weighted by Crippen LogP contribution is -2.25. The summed E-state index contributed by atoms with van der Waals surface area (Å²) < 4.78 is 0. The Bertz CT molecular complexity index is 686. The number of rotatable bonds is 4. The summed E-state index contributed by atoms with van der Waals surface area (Å²) in [6, 6.07) is 14.7. The molecule has 1 saturated carbocycles. The molecule has 2 N–H and O–H groups in total. The van der Waals surface area contributed by atoms with Crippen LogP contribution in [0.15, 0.2) is 48.5 Å². The van der Waals surface area contributed by atoms with Gasteiger partial charge in [0.15, 0.2) is 0 Å². The Labute approximate surface area is 129 Å². The van der Waals surface area contributed by atoms with Crippen LogP contribution in [0.5, 0.6) is 0 Å². The Morgan fingerprint density at radius 2 is 1.41 bits per heavy atom. The highest BCUT2D eigenvalue weighted by atomic mass is 16.2. The molecular formula is C18H18N2O2. The van der Waals surface area contributed by atoms with Crippen LogP contribution in [-0.4, -0.2) is 17.9 Å². The molecule has 0 atom stereocenters. The summed E-state index contributed by atoms with van der Waals surface area (Å²) in [6.45, 7) is 2.00. The van der Waals surface area contributed by atoms with Gasteiger partial charge in [-0.15, -0.1) is 0 Å². The smallest absolute Gasteiger partial charge is 0.255 e. The third-order valence-corrected chi connectivity index (χ3v) is 3.63. The molecule has 0 unspecified atom stereocenters. The number of amides is 2. The van der Waals surface area contributed by atoms with Crippen LogP contribution in [0.4, 0.5) is 5.69 Å². The normalized spacial score (nSPS) is 13.5. The number of anilines is 1. The Kier molecular flexibility index (Phi) is 3.92. The van der Waals surface area contributed by atoms with E-state index < -0.39 is 0 Å². The van der Waals surface area contributed by atoms with Crippen molar-refractivity contribution in [1.29, 1.82) is 0 Å². The second-order valence-electron chi connectivity index (χ2n) is 5.65. The molecular weight excluding hydrogens is 276 g/mol. The van der Waals surface area contributed by atoms with E-state index in [-0.39, 0.29) is 11.8 Å². The molecule has 0 radical (unpaired) electrons. The number of hydrogen-bond acceptors (Lipinski definition) is 2. The quantitative estimate of drug-likeness (QED) is 0.910. The molecule has 0 aromatic heterocycles. The van der Waals surface area contributed by atoms with Crippen molar-refractivity contribution in [3.63, 3.8) is 0 Å². The third kappa shape index (κ3) is 3.52. The van der Waals surface area contributed by atoms with Crippen LogP contribution in [0.2, 0.25) is 0 Å². The summed E-state index contributed by atoms with van der Waals surface area (Å²) in [5, 5.41) is 5.76. The topological polar surface area (TPSA) is 58.2 Å². The Hall–Kier alpha value is -2.62. The van der Waals surface area contributed by atoms with Gasteiger partial charge in [-0.3, -0.25) is 9.59 Å². The van der Waals surface area contributed by atoms with Gasteiger partial charge in [0.25, 0.3) is 11.8 Å². The van der Waals surface area contributed by atoms with Gasteiger partial charge >= 0.3 is 0 Å². The zero-order valence-electron chi connectivity index (χ0n) is 12.4. The molecule has 4 heteroatoms. The highest BCUT2D eigenvalue weighted by Gasteiger charge is 2.23. The van der Waals surface area contributed by atoms with Crippen LogP contribution in [0.1, 0.15) is 39.1 Å². The molecule has 0 spiro atoms. The lowest BCUT2D eigenvalue weighted by molar-refractivity contribution is 0.0949. The molecule has 0 saturated heterocycles. The Morgan fingerprint density at radius 3 is 1.95 bits per heavy atom. The van der Waals surface area contributed by atoms with Crippen LogP contribution >= 0.6 is 0 Å². The second-order valence-corrected chi connectivity index (χ2v) is 5.65. The van der Waals surface area contributed by atoms with Gasteiger partial charge in [-0.1, -0.05) is 17.7 Å². The Morgan fingerprint density at radius 1 is 0.864 bits per heavy atom. The first kappa shape index (κ1) is 14.3. The molecule has 0 heterocycles. The van der Waals surface area contributed by atoms with E-state index in [0.717, 1.165) is 24.1 Å². The van der Waals surface area contributed by atoms with E-state index in [1.165, 1.54) is 0 Å². The molecule has 22 heavy (non-hydrogen) atoms. The molecule has 1 fully saturated rings. The molecule has 1 aliphatic rings. The van der Waals surface area contributed by atoms with Crippen molar-refractivity contribution in [3.8, 4) is 0 Å². The van der Waals surface area contributed by atoms with Gasteiger partial charge in [0.1, 0.15) is 0 Å². The van der Waals surface area contributed by atoms with Gasteiger partial charge in [-0.25, -0.2) is 0 Å². The summed E-state index contributed by atoms with van der Waals surface area (Å²) >= 11 is 0. The SMILES string of the molecule is Cc1ccc(NC(=O)c2ccc(C(=O)NC3CC3)cc2)cc1. The van der Waals surface area contributed by atoms with Crippen molar-refractivity contribution in [3.05, 3.63) is 65.2 Å². The van der Waals surface area contributed by atoms with Crippen LogP contribution in [0.25, 0.3) is 0 Å². The first-order valence-electron chi connectivity index (χ1n) is 7.41. The number of carbonyl (C=O) groups is 2. The minimum Gasteiger partial charge on any atom is -0.349 e. The van der Waals surface area contributed by atoms with E-state index in [2.05, 4.69) is 10.6 Å². The van der Waals surface area contributed by atoms with Crippen LogP contribution in [-0.2, 0) is 0 Å². The largest absolute Gasteiger partial charge is 0.349 e. The maximum atomic E-state index is 12.2. The van der Waals surface area contributed by atoms with Crippen molar-refractivity contribution in [2.75, 3.05) is 5.32 Å². The first-order chi connectivity index (χ1) is 10.6. The van der Waals surface area contributed by atoms with E-state index in [1.807, 2.05) is 31.2 Å². The number of hydrogen-bond donors (Lipinski definition) is 2. The van der Waals surface area contributed by atoms with E-state index in [0.29, 0.717) is 17.2 Å². The summed E-state index contributed by atoms with van der Waals surface area (Å²) in [6.07, 6.45) is 2.12. The number of carbonyl (C=O) groups excluding carboxylic acids is 2. The molecule has 0 bridgehead atoms. The van der Waals surface area contributed by atoms with Crippen molar-refractivity contribution in [1.82, 2.24) is 5.32 Å². The van der Waals surface area contributed by atoms with Gasteiger partial charge in [0.05, 0.1) is 0 Å². The molecule has 3 rings (SSSR count). The van der Waals surface area contributed by atoms with Crippen LogP contribution in [0, 0.1) is 6.92 Å². The highest BCUT2D eigenvalue weighted by Crippen LogP contribution is 2.19. The molecule has 2 aromatic rings. The summed E-state index contributed by atoms with van der Waals surface area (Å²) in [4.78, 5) is 24.0. The first-order valence-corrected chi connectivity index (χ1v) is 7.41. The van der Waals surface area contributed by atoms with E-state index in [9.17, 15) is 9.59 Å². The highest BCUT2D eigenvalue weighted by molar-refractivity contribution is 6.05. The maximum absolute atomic E-state index is 12.2. The van der Waals surface area contributed by atoms with Crippen molar-refractivity contribution < 1.29 is 9.59 Å². The standard InChI is InChI=1S/C18H18N2O2/c1-12-2-8-15(9-3-12)19-17(21)13-4-6-14(7-5-13)18(22)20-16-10-11-16/h2-9,16H,10-11H2,1H3,(H,19,21)(H,20,22). The summed E-state index contributed by atoms with van der Waals surface area (Å²) in [7, 11) is 0. The lowest BCUT2D eigenvalue weighted by Gasteiger charge is -2.07. The van der Waals surface area contributed by atoms with E-state index >= 15 is 0 Å². The van der Waals surface area contributed by atoms with Crippen molar-refractivity contribution in [2.24, 2.45) is 0 Å². The Balaban J connectivity index is 1.65. The molecule has 2 aromatic carbocycles. The van der Waals surface area contributed by atoms with Gasteiger partial charge in [0, 0.05) is 22.9 Å². The fourth-order valence-corrected chi connectivity index (χ4v) is 2.11. The predicted molar refractivity (Wildman–Crippen MR) is 86.1 cm³/mol. The monoisotopic (exact) mass is 294 g/mol. The zero-order chi connectivity index (χ0) is 15.5. The van der Waals surface area contributed by atoms with Gasteiger partial charge < -0.3 is 10.6 Å². The molecule has 112 valence electrons. The predicted octanol–water partition coefficient (Wildman–Crippen LogP) is 3.14. The maximum Gasteiger partial charge on any atom is 0.255 e. The molecule has 2 amide bonds. The minimum atomic E-state index is -0.182. The molecule has 0 aliphatic heterocycles. The fraction of sp³-hybridized carbons (Fsp3) is 0.222. The van der Waals surface area contributed by atoms with Crippen LogP contribution < -0.4 is 10.6 Å². The summed E-state index contributed by atoms with van der Waals surface area (Å²) in [5.74, 6) is -0.258. The molecule has 4 nitrogen and oxygen atoms in total. The van der Waals surface area contributed by atoms with E-state index in [4.69, 9.17) is 0 Å². The average Bonchev–Trinajstić information content (AvgIpc) is 3.33. The molecule has 1 aliphatic carbocycles. The van der Waals surface area contributed by atoms with Gasteiger partial charge in [-0.2, -0.15) is 0 Å². The fourth-order valence-electron chi connectivity index (χ4n) is 2.11. The van der Waals surface area contributed by atoms with Gasteiger partial charge in [0.2, 0.25) is 0 Å². The van der Waals surface area contributed by atoms with Gasteiger partial charge in [-0.05, 0) is 56.2 Å². The number of nitrogens with one attached hydrogen (secondary N) is 2. The second kappa shape index (κ2) is 6.02. The number of aryl methyl sites for hydroxylation is 1. The lowest BCUT2D eigenvalue weighted by atomic mass is 10.1. The van der Waals surface area contributed by atoms with Crippen LogP contribution in [0.3, 0.4) is 0 Å². The van der Waals surface area contributed by atoms with E-state index in [1.54, 1.807) is 24.3 Å². The summed E-state index contributed by atoms with van der Waals surface area (Å²) in [5.41, 5.74) is 3.01. The van der Waals surface area contributed by atoms with Crippen molar-refractivity contribution >= 4 is 17.5 Å². The average molecular weight is 294 g/mol. The minimum absolute atomic E-state index is 0.0759. The zero-order valence-corrected chi connectivity index (χ0v) is 12.4. The van der Waals surface area contributed by atoms with Crippen molar-refractivity contribution in [2.45, 2.75) is 25.8 Å². The third-order valence-electron chi connectivity index (χ3n) is 3.63. The number of benzene rings is 2.